The van der Waals surface area contributed by atoms with Gasteiger partial charge in [-0.1, -0.05) is 18.2 Å². The number of aliphatic hydroxyl groups excluding tert-OH is 1. The van der Waals surface area contributed by atoms with E-state index in [1.54, 1.807) is 24.1 Å². The number of likely N-dealkylation sites (tertiary alicyclic amines) is 1. The van der Waals surface area contributed by atoms with E-state index in [0.29, 0.717) is 18.8 Å². The van der Waals surface area contributed by atoms with Gasteiger partial charge < -0.3 is 20.1 Å². The van der Waals surface area contributed by atoms with Crippen LogP contribution in [0.25, 0.3) is 0 Å². The third-order valence-electron chi connectivity index (χ3n) is 3.72. The summed E-state index contributed by atoms with van der Waals surface area (Å²) in [6.07, 6.45) is 0. The van der Waals surface area contributed by atoms with E-state index in [2.05, 4.69) is 5.32 Å². The molecule has 0 aliphatic carbocycles. The number of nitrogens with one attached hydrogen (secondary N) is 1. The second kappa shape index (κ2) is 7.08. The average molecular weight is 292 g/mol. The summed E-state index contributed by atoms with van der Waals surface area (Å²) >= 11 is 0. The molecule has 0 aromatic heterocycles. The Labute approximate surface area is 123 Å². The van der Waals surface area contributed by atoms with Crippen molar-refractivity contribution in [2.75, 3.05) is 33.4 Å². The molecule has 0 saturated carbocycles. The van der Waals surface area contributed by atoms with E-state index in [1.807, 2.05) is 18.2 Å². The zero-order valence-electron chi connectivity index (χ0n) is 12.0. The molecule has 1 aliphatic rings. The summed E-state index contributed by atoms with van der Waals surface area (Å²) in [6.45, 7) is 0.525. The molecule has 2 amide bonds. The van der Waals surface area contributed by atoms with Crippen molar-refractivity contribution in [3.8, 4) is 5.75 Å². The Morgan fingerprint density at radius 2 is 2.05 bits per heavy atom. The molecule has 1 aromatic carbocycles. The number of nitrogens with zero attached hydrogens (tertiary/aromatic N) is 1. The third-order valence-corrected chi connectivity index (χ3v) is 3.72. The fourth-order valence-corrected chi connectivity index (χ4v) is 2.50. The number of benzene rings is 1. The number of carbonyl (C=O) groups excluding carboxylic acids is 2. The maximum Gasteiger partial charge on any atom is 0.260 e. The number of amides is 2. The van der Waals surface area contributed by atoms with E-state index in [1.165, 1.54) is 0 Å². The minimum absolute atomic E-state index is 0.0668. The van der Waals surface area contributed by atoms with Crippen molar-refractivity contribution in [1.29, 1.82) is 0 Å². The van der Waals surface area contributed by atoms with Gasteiger partial charge >= 0.3 is 0 Å². The van der Waals surface area contributed by atoms with Gasteiger partial charge in [0.15, 0.2) is 6.61 Å². The summed E-state index contributed by atoms with van der Waals surface area (Å²) in [4.78, 5) is 25.4. The molecule has 21 heavy (non-hydrogen) atoms. The van der Waals surface area contributed by atoms with E-state index in [9.17, 15) is 14.7 Å². The molecule has 2 N–H and O–H groups in total. The highest BCUT2D eigenvalue weighted by atomic mass is 16.5. The minimum atomic E-state index is -0.360. The molecular formula is C15H20N2O4. The molecule has 1 saturated heterocycles. The highest BCUT2D eigenvalue weighted by molar-refractivity contribution is 5.82. The van der Waals surface area contributed by atoms with Crippen molar-refractivity contribution < 1.29 is 19.4 Å². The van der Waals surface area contributed by atoms with Crippen LogP contribution >= 0.6 is 0 Å². The Balaban J connectivity index is 1.90. The maximum atomic E-state index is 12.1. The van der Waals surface area contributed by atoms with Crippen molar-refractivity contribution in [3.05, 3.63) is 30.3 Å². The largest absolute Gasteiger partial charge is 0.484 e. The van der Waals surface area contributed by atoms with Gasteiger partial charge in [0.1, 0.15) is 5.75 Å². The predicted octanol–water partition coefficient (Wildman–Crippen LogP) is -0.122. The van der Waals surface area contributed by atoms with E-state index in [4.69, 9.17) is 4.74 Å². The number of ether oxygens (including phenoxy) is 1. The van der Waals surface area contributed by atoms with Crippen molar-refractivity contribution in [2.24, 2.45) is 11.8 Å². The fraction of sp³-hybridized carbons (Fsp3) is 0.467. The van der Waals surface area contributed by atoms with Gasteiger partial charge in [0.25, 0.3) is 5.91 Å². The Morgan fingerprint density at radius 1 is 1.33 bits per heavy atom. The van der Waals surface area contributed by atoms with Crippen LogP contribution in [0, 0.1) is 11.8 Å². The maximum absolute atomic E-state index is 12.1. The van der Waals surface area contributed by atoms with Crippen LogP contribution in [0.2, 0.25) is 0 Å². The second-order valence-corrected chi connectivity index (χ2v) is 5.06. The molecule has 0 unspecified atom stereocenters. The molecule has 6 heteroatoms. The van der Waals surface area contributed by atoms with E-state index in [-0.39, 0.29) is 36.9 Å². The first-order chi connectivity index (χ1) is 10.2. The standard InChI is InChI=1S/C15H20N2O4/c1-16-15(20)13-8-17(7-11(13)9-18)14(19)10-21-12-5-3-2-4-6-12/h2-6,11,13,18H,7-10H2,1H3,(H,16,20)/t11-,13+/m0/s1. The van der Waals surface area contributed by atoms with E-state index >= 15 is 0 Å². The highest BCUT2D eigenvalue weighted by Crippen LogP contribution is 2.23. The summed E-state index contributed by atoms with van der Waals surface area (Å²) in [6, 6.07) is 9.09. The summed E-state index contributed by atoms with van der Waals surface area (Å²) in [5.74, 6) is -0.269. The molecule has 6 nitrogen and oxygen atoms in total. The fourth-order valence-electron chi connectivity index (χ4n) is 2.50. The summed E-state index contributed by atoms with van der Waals surface area (Å²) in [5, 5.41) is 11.9. The molecule has 114 valence electrons. The lowest BCUT2D eigenvalue weighted by Gasteiger charge is -2.16. The zero-order chi connectivity index (χ0) is 15.2. The first-order valence-corrected chi connectivity index (χ1v) is 6.93. The Morgan fingerprint density at radius 3 is 2.67 bits per heavy atom. The van der Waals surface area contributed by atoms with Gasteiger partial charge in [-0.3, -0.25) is 9.59 Å². The molecule has 0 spiro atoms. The molecule has 1 heterocycles. The third kappa shape index (κ3) is 3.72. The summed E-state index contributed by atoms with van der Waals surface area (Å²) in [7, 11) is 1.56. The van der Waals surface area contributed by atoms with Crippen molar-refractivity contribution >= 4 is 11.8 Å². The normalized spacial score (nSPS) is 21.1. The highest BCUT2D eigenvalue weighted by Gasteiger charge is 2.38. The smallest absolute Gasteiger partial charge is 0.260 e. The topological polar surface area (TPSA) is 78.9 Å². The SMILES string of the molecule is CNC(=O)[C@@H]1CN(C(=O)COc2ccccc2)C[C@H]1CO. The van der Waals surface area contributed by atoms with E-state index < -0.39 is 0 Å². The lowest BCUT2D eigenvalue weighted by Crippen LogP contribution is -2.35. The van der Waals surface area contributed by atoms with Crippen LogP contribution in [0.3, 0.4) is 0 Å². The van der Waals surface area contributed by atoms with Crippen LogP contribution < -0.4 is 10.1 Å². The van der Waals surface area contributed by atoms with Gasteiger partial charge in [-0.05, 0) is 12.1 Å². The average Bonchev–Trinajstić information content (AvgIpc) is 2.97. The summed E-state index contributed by atoms with van der Waals surface area (Å²) in [5.41, 5.74) is 0. The van der Waals surface area contributed by atoms with Crippen molar-refractivity contribution in [2.45, 2.75) is 0 Å². The van der Waals surface area contributed by atoms with Crippen LogP contribution in [0.5, 0.6) is 5.75 Å². The van der Waals surface area contributed by atoms with Crippen molar-refractivity contribution in [3.63, 3.8) is 0 Å². The minimum Gasteiger partial charge on any atom is -0.484 e. The number of carbonyl (C=O) groups is 2. The second-order valence-electron chi connectivity index (χ2n) is 5.06. The quantitative estimate of drug-likeness (QED) is 0.793. The van der Waals surface area contributed by atoms with Gasteiger partial charge in [0.05, 0.1) is 5.92 Å². The lowest BCUT2D eigenvalue weighted by atomic mass is 9.96. The van der Waals surface area contributed by atoms with Gasteiger partial charge in [-0.15, -0.1) is 0 Å². The van der Waals surface area contributed by atoms with Crippen LogP contribution in [0.1, 0.15) is 0 Å². The lowest BCUT2D eigenvalue weighted by molar-refractivity contribution is -0.132. The number of rotatable bonds is 5. The van der Waals surface area contributed by atoms with Crippen LogP contribution in [-0.2, 0) is 9.59 Å². The number of hydrogen-bond donors (Lipinski definition) is 2. The molecule has 0 radical (unpaired) electrons. The Bertz CT molecular complexity index is 492. The molecule has 1 aliphatic heterocycles. The molecule has 0 bridgehead atoms. The van der Waals surface area contributed by atoms with Gasteiger partial charge in [0, 0.05) is 32.7 Å². The zero-order valence-corrected chi connectivity index (χ0v) is 12.0. The number of para-hydroxylation sites is 1. The predicted molar refractivity (Wildman–Crippen MR) is 76.6 cm³/mol. The first kappa shape index (κ1) is 15.3. The van der Waals surface area contributed by atoms with Gasteiger partial charge in [-0.25, -0.2) is 0 Å². The van der Waals surface area contributed by atoms with E-state index in [0.717, 1.165) is 0 Å². The molecule has 1 aromatic rings. The molecular weight excluding hydrogens is 272 g/mol. The Hall–Kier alpha value is -2.08. The monoisotopic (exact) mass is 292 g/mol. The summed E-state index contributed by atoms with van der Waals surface area (Å²) < 4.78 is 5.42. The van der Waals surface area contributed by atoms with Crippen LogP contribution in [0.4, 0.5) is 0 Å². The van der Waals surface area contributed by atoms with Crippen LogP contribution in [-0.4, -0.2) is 55.2 Å². The van der Waals surface area contributed by atoms with Gasteiger partial charge in [-0.2, -0.15) is 0 Å². The Kier molecular flexibility index (Phi) is 5.16. The molecule has 2 rings (SSSR count). The molecule has 2 atom stereocenters. The first-order valence-electron chi connectivity index (χ1n) is 6.93. The number of hydrogen-bond acceptors (Lipinski definition) is 4. The molecule has 1 fully saturated rings. The van der Waals surface area contributed by atoms with Gasteiger partial charge in [0.2, 0.25) is 5.91 Å². The van der Waals surface area contributed by atoms with Crippen LogP contribution in [0.15, 0.2) is 30.3 Å². The van der Waals surface area contributed by atoms with Crippen molar-refractivity contribution in [1.82, 2.24) is 10.2 Å². The number of aliphatic hydroxyl groups is 1.